The molecule has 3 rings (SSSR count). The van der Waals surface area contributed by atoms with Gasteiger partial charge in [-0.1, -0.05) is 40.9 Å². The van der Waals surface area contributed by atoms with Crippen molar-refractivity contribution in [1.82, 2.24) is 5.32 Å². The number of fused-ring (bicyclic) bond motifs is 1. The zero-order valence-corrected chi connectivity index (χ0v) is 17.2. The first kappa shape index (κ1) is 20.1. The molecule has 0 aliphatic carbocycles. The van der Waals surface area contributed by atoms with Crippen LogP contribution in [0.3, 0.4) is 0 Å². The number of anilines is 1. The monoisotopic (exact) mass is 448 g/mol. The molecule has 0 aromatic heterocycles. The molecule has 2 aromatic carbocycles. The summed E-state index contributed by atoms with van der Waals surface area (Å²) in [6.07, 6.45) is 0.0596. The fourth-order valence-electron chi connectivity index (χ4n) is 2.63. The fraction of sp³-hybridized carbons (Fsp3) is 0.235. The number of nitrogens with one attached hydrogen (secondary N) is 1. The Balaban J connectivity index is 1.77. The highest BCUT2D eigenvalue weighted by Crippen LogP contribution is 2.37. The lowest BCUT2D eigenvalue weighted by Gasteiger charge is -2.34. The van der Waals surface area contributed by atoms with Gasteiger partial charge >= 0.3 is 0 Å². The molecule has 144 valence electrons. The lowest BCUT2D eigenvalue weighted by molar-refractivity contribution is -0.127. The highest BCUT2D eigenvalue weighted by atomic mass is 35.5. The second-order valence-corrected chi connectivity index (χ2v) is 9.14. The lowest BCUT2D eigenvalue weighted by Crippen LogP contribution is -2.50. The number of carbonyl (C=O) groups is 1. The Kier molecular flexibility index (Phi) is 5.76. The number of halogens is 3. The molecule has 1 N–H and O–H groups in total. The molecule has 2 aromatic rings. The van der Waals surface area contributed by atoms with Crippen LogP contribution in [0.2, 0.25) is 15.1 Å². The van der Waals surface area contributed by atoms with Gasteiger partial charge in [0.15, 0.2) is 6.10 Å². The number of ether oxygens (including phenoxy) is 1. The van der Waals surface area contributed by atoms with Crippen LogP contribution in [0.1, 0.15) is 5.56 Å². The smallest absolute Gasteiger partial charge is 0.263 e. The van der Waals surface area contributed by atoms with Crippen LogP contribution in [0.5, 0.6) is 5.75 Å². The Bertz CT molecular complexity index is 998. The number of hydrogen-bond donors (Lipinski definition) is 1. The molecular weight excluding hydrogens is 435 g/mol. The molecule has 0 saturated carbocycles. The summed E-state index contributed by atoms with van der Waals surface area (Å²) >= 11 is 17.8. The highest BCUT2D eigenvalue weighted by Gasteiger charge is 2.35. The number of sulfonamides is 1. The first-order chi connectivity index (χ1) is 12.6. The first-order valence-corrected chi connectivity index (χ1v) is 10.8. The summed E-state index contributed by atoms with van der Waals surface area (Å²) in [6, 6.07) is 9.60. The van der Waals surface area contributed by atoms with E-state index in [0.29, 0.717) is 20.8 Å². The molecule has 6 nitrogen and oxygen atoms in total. The van der Waals surface area contributed by atoms with Crippen LogP contribution < -0.4 is 14.4 Å². The standard InChI is InChI=1S/C17H15Cl3N2O4S/c1-27(24,25)22-9-16(26-15-5-3-11(18)7-14(15)22)17(23)21-8-10-2-4-12(19)13(20)6-10/h2-7,16H,8-9H2,1H3,(H,21,23). The van der Waals surface area contributed by atoms with Crippen molar-refractivity contribution in [3.05, 3.63) is 57.0 Å². The second kappa shape index (κ2) is 7.75. The first-order valence-electron chi connectivity index (χ1n) is 7.80. The van der Waals surface area contributed by atoms with Gasteiger partial charge in [-0.05, 0) is 35.9 Å². The Hall–Kier alpha value is -1.67. The molecule has 1 heterocycles. The Morgan fingerprint density at radius 3 is 2.59 bits per heavy atom. The van der Waals surface area contributed by atoms with Crippen LogP contribution in [0.4, 0.5) is 5.69 Å². The quantitative estimate of drug-likeness (QED) is 0.775. The maximum atomic E-state index is 12.5. The molecule has 0 bridgehead atoms. The number of rotatable bonds is 4. The van der Waals surface area contributed by atoms with Crippen LogP contribution >= 0.6 is 34.8 Å². The van der Waals surface area contributed by atoms with E-state index in [0.717, 1.165) is 16.1 Å². The predicted octanol–water partition coefficient (Wildman–Crippen LogP) is 3.49. The summed E-state index contributed by atoms with van der Waals surface area (Å²) in [4.78, 5) is 12.5. The van der Waals surface area contributed by atoms with E-state index in [1.165, 1.54) is 12.1 Å². The van der Waals surface area contributed by atoms with Crippen molar-refractivity contribution in [2.45, 2.75) is 12.6 Å². The summed E-state index contributed by atoms with van der Waals surface area (Å²) in [7, 11) is -3.62. The average Bonchev–Trinajstić information content (AvgIpc) is 2.60. The molecular formula is C17H15Cl3N2O4S. The number of benzene rings is 2. The molecule has 27 heavy (non-hydrogen) atoms. The number of carbonyl (C=O) groups excluding carboxylic acids is 1. The predicted molar refractivity (Wildman–Crippen MR) is 106 cm³/mol. The topological polar surface area (TPSA) is 75.7 Å². The number of amides is 1. The maximum Gasteiger partial charge on any atom is 0.263 e. The van der Waals surface area contributed by atoms with E-state index in [4.69, 9.17) is 39.5 Å². The zero-order chi connectivity index (χ0) is 19.8. The van der Waals surface area contributed by atoms with E-state index in [1.807, 2.05) is 0 Å². The SMILES string of the molecule is CS(=O)(=O)N1CC(C(=O)NCc2ccc(Cl)c(Cl)c2)Oc2ccc(Cl)cc21. The van der Waals surface area contributed by atoms with E-state index in [9.17, 15) is 13.2 Å². The summed E-state index contributed by atoms with van der Waals surface area (Å²) in [5, 5.41) is 3.88. The highest BCUT2D eigenvalue weighted by molar-refractivity contribution is 7.92. The van der Waals surface area contributed by atoms with E-state index in [1.54, 1.807) is 24.3 Å². The summed E-state index contributed by atoms with van der Waals surface area (Å²) in [5.41, 5.74) is 1.05. The lowest BCUT2D eigenvalue weighted by atomic mass is 10.2. The van der Waals surface area contributed by atoms with Gasteiger partial charge in [-0.25, -0.2) is 8.42 Å². The Morgan fingerprint density at radius 2 is 1.93 bits per heavy atom. The van der Waals surface area contributed by atoms with Gasteiger partial charge in [-0.3, -0.25) is 9.10 Å². The molecule has 1 amide bonds. The third kappa shape index (κ3) is 4.60. The zero-order valence-electron chi connectivity index (χ0n) is 14.1. The summed E-state index contributed by atoms with van der Waals surface area (Å²) < 4.78 is 31.1. The molecule has 1 aliphatic heterocycles. The summed E-state index contributed by atoms with van der Waals surface area (Å²) in [5.74, 6) is -0.180. The Morgan fingerprint density at radius 1 is 1.19 bits per heavy atom. The van der Waals surface area contributed by atoms with Crippen molar-refractivity contribution in [2.24, 2.45) is 0 Å². The number of nitrogens with zero attached hydrogens (tertiary/aromatic N) is 1. The van der Waals surface area contributed by atoms with Gasteiger partial charge in [-0.15, -0.1) is 0 Å². The van der Waals surface area contributed by atoms with Crippen LogP contribution in [0.15, 0.2) is 36.4 Å². The third-order valence-electron chi connectivity index (χ3n) is 3.93. The molecule has 10 heteroatoms. The molecule has 1 aliphatic rings. The van der Waals surface area contributed by atoms with Crippen LogP contribution in [0.25, 0.3) is 0 Å². The van der Waals surface area contributed by atoms with Crippen molar-refractivity contribution in [2.75, 3.05) is 17.1 Å². The fourth-order valence-corrected chi connectivity index (χ4v) is 4.02. The van der Waals surface area contributed by atoms with Gasteiger partial charge in [0, 0.05) is 11.6 Å². The van der Waals surface area contributed by atoms with E-state index < -0.39 is 22.0 Å². The molecule has 0 fully saturated rings. The second-order valence-electron chi connectivity index (χ2n) is 5.98. The van der Waals surface area contributed by atoms with Crippen LogP contribution in [-0.2, 0) is 21.4 Å². The largest absolute Gasteiger partial charge is 0.476 e. The van der Waals surface area contributed by atoms with Crippen molar-refractivity contribution >= 4 is 56.4 Å². The maximum absolute atomic E-state index is 12.5. The summed E-state index contributed by atoms with van der Waals surface area (Å²) in [6.45, 7) is 0.0430. The van der Waals surface area contributed by atoms with E-state index in [2.05, 4.69) is 5.32 Å². The molecule has 0 radical (unpaired) electrons. The van der Waals surface area contributed by atoms with Crippen LogP contribution in [0, 0.1) is 0 Å². The Labute approximate surface area is 172 Å². The van der Waals surface area contributed by atoms with Crippen molar-refractivity contribution < 1.29 is 17.9 Å². The average molecular weight is 450 g/mol. The van der Waals surface area contributed by atoms with Crippen molar-refractivity contribution in [3.63, 3.8) is 0 Å². The van der Waals surface area contributed by atoms with Gasteiger partial charge in [-0.2, -0.15) is 0 Å². The molecule has 1 atom stereocenters. The van der Waals surface area contributed by atoms with Gasteiger partial charge in [0.1, 0.15) is 5.75 Å². The minimum Gasteiger partial charge on any atom is -0.476 e. The normalized spacial score (nSPS) is 16.4. The third-order valence-corrected chi connectivity index (χ3v) is 6.05. The molecule has 0 saturated heterocycles. The molecule has 0 spiro atoms. The molecule has 1 unspecified atom stereocenters. The van der Waals surface area contributed by atoms with E-state index >= 15 is 0 Å². The van der Waals surface area contributed by atoms with Gasteiger partial charge in [0.25, 0.3) is 5.91 Å². The van der Waals surface area contributed by atoms with Crippen LogP contribution in [-0.4, -0.2) is 33.2 Å². The van der Waals surface area contributed by atoms with Gasteiger partial charge in [0.2, 0.25) is 10.0 Å². The van der Waals surface area contributed by atoms with Crippen molar-refractivity contribution in [1.29, 1.82) is 0 Å². The van der Waals surface area contributed by atoms with Gasteiger partial charge in [0.05, 0.1) is 28.5 Å². The number of hydrogen-bond acceptors (Lipinski definition) is 4. The van der Waals surface area contributed by atoms with E-state index in [-0.39, 0.29) is 18.8 Å². The minimum absolute atomic E-state index is 0.153. The van der Waals surface area contributed by atoms with Crippen molar-refractivity contribution in [3.8, 4) is 5.75 Å². The minimum atomic E-state index is -3.62. The van der Waals surface area contributed by atoms with Gasteiger partial charge < -0.3 is 10.1 Å².